The van der Waals surface area contributed by atoms with Crippen LogP contribution in [-0.2, 0) is 36.9 Å². The predicted molar refractivity (Wildman–Crippen MR) is 126 cm³/mol. The summed E-state index contributed by atoms with van der Waals surface area (Å²) in [6.45, 7) is 15.4. The van der Waals surface area contributed by atoms with Crippen molar-refractivity contribution in [3.63, 3.8) is 0 Å². The van der Waals surface area contributed by atoms with Crippen molar-refractivity contribution in [2.24, 2.45) is 0 Å². The minimum absolute atomic E-state index is 0.549. The summed E-state index contributed by atoms with van der Waals surface area (Å²) in [6.07, 6.45) is 15.4. The molecule has 0 N–H and O–H groups in total. The topological polar surface area (TPSA) is 17.1 Å². The molecule has 0 saturated carbocycles. The van der Waals surface area contributed by atoms with Gasteiger partial charge in [-0.1, -0.05) is 60.7 Å². The molecule has 0 unspecified atom stereocenters. The van der Waals surface area contributed by atoms with Gasteiger partial charge in [-0.25, -0.2) is 0 Å². The molecule has 147 valence electrons. The van der Waals surface area contributed by atoms with Gasteiger partial charge in [-0.15, -0.1) is 26.3 Å². The van der Waals surface area contributed by atoms with Crippen LogP contribution in [-0.4, -0.2) is 6.29 Å². The third-order valence-electron chi connectivity index (χ3n) is 4.82. The van der Waals surface area contributed by atoms with E-state index in [1.807, 2.05) is 36.4 Å². The van der Waals surface area contributed by atoms with Gasteiger partial charge in [-0.2, -0.15) is 0 Å². The average molecular weight is 382 g/mol. The molecule has 0 aromatic heterocycles. The van der Waals surface area contributed by atoms with Crippen molar-refractivity contribution in [3.05, 3.63) is 126 Å². The Kier molecular flexibility index (Phi) is 8.85. The Morgan fingerprint density at radius 3 is 1.79 bits per heavy atom. The fourth-order valence-corrected chi connectivity index (χ4v) is 3.46. The quantitative estimate of drug-likeness (QED) is 0.310. The van der Waals surface area contributed by atoms with Gasteiger partial charge in [0.25, 0.3) is 0 Å². The minimum atomic E-state index is 0.549. The van der Waals surface area contributed by atoms with Gasteiger partial charge in [0.05, 0.1) is 0 Å². The van der Waals surface area contributed by atoms with Gasteiger partial charge < -0.3 is 0 Å². The molecule has 0 amide bonds. The molecule has 0 fully saturated rings. The van der Waals surface area contributed by atoms with Crippen LogP contribution in [0.2, 0.25) is 0 Å². The van der Waals surface area contributed by atoms with E-state index in [1.165, 1.54) is 22.3 Å². The van der Waals surface area contributed by atoms with Crippen LogP contribution in [0.1, 0.15) is 33.4 Å². The Bertz CT molecular complexity index is 927. The first-order chi connectivity index (χ1) is 14.1. The fourth-order valence-electron chi connectivity index (χ4n) is 3.46. The summed E-state index contributed by atoms with van der Waals surface area (Å²) in [5.41, 5.74) is 7.65. The second-order valence-corrected chi connectivity index (χ2v) is 7.05. The maximum absolute atomic E-state index is 11.6. The second-order valence-electron chi connectivity index (χ2n) is 7.05. The van der Waals surface area contributed by atoms with Crippen molar-refractivity contribution in [2.45, 2.75) is 32.1 Å². The number of benzene rings is 2. The third kappa shape index (κ3) is 6.43. The normalized spacial score (nSPS) is 11.0. The summed E-state index contributed by atoms with van der Waals surface area (Å²) < 4.78 is 0. The van der Waals surface area contributed by atoms with E-state index in [0.29, 0.717) is 12.0 Å². The molecule has 2 rings (SSSR count). The first kappa shape index (κ1) is 22.1. The average Bonchev–Trinajstić information content (AvgIpc) is 2.72. The standard InChI is InChI=1S/C28H29O/c1-5-9-25-15-13-22(19-27(25)11-7-3)17-24(21-29)18-23-14-16-26(10-6-2)28(20-23)12-8-4/h5-8,13-17,19-20H,1-4,9-12,18H2. The van der Waals surface area contributed by atoms with E-state index in [9.17, 15) is 4.79 Å². The Morgan fingerprint density at radius 2 is 1.24 bits per heavy atom. The largest absolute Gasteiger partial charge is 0.285 e. The minimum Gasteiger partial charge on any atom is -0.285 e. The first-order valence-corrected chi connectivity index (χ1v) is 9.89. The lowest BCUT2D eigenvalue weighted by Crippen LogP contribution is -1.98. The van der Waals surface area contributed by atoms with Crippen LogP contribution in [0.25, 0.3) is 6.08 Å². The number of hydrogen-bond acceptors (Lipinski definition) is 1. The second kappa shape index (κ2) is 11.6. The van der Waals surface area contributed by atoms with Gasteiger partial charge in [-0.05, 0) is 65.1 Å². The summed E-state index contributed by atoms with van der Waals surface area (Å²) in [5.74, 6) is 0. The maximum Gasteiger partial charge on any atom is 0.229 e. The molecule has 0 spiro atoms. The number of rotatable bonds is 12. The highest BCUT2D eigenvalue weighted by atomic mass is 16.1. The molecule has 0 saturated heterocycles. The zero-order chi connectivity index (χ0) is 21.1. The zero-order valence-electron chi connectivity index (χ0n) is 17.1. The third-order valence-corrected chi connectivity index (χ3v) is 4.82. The van der Waals surface area contributed by atoms with Crippen molar-refractivity contribution in [1.29, 1.82) is 0 Å². The predicted octanol–water partition coefficient (Wildman–Crippen LogP) is 6.34. The molecule has 0 aliphatic rings. The van der Waals surface area contributed by atoms with Crippen molar-refractivity contribution in [1.82, 2.24) is 0 Å². The molecule has 2 aromatic carbocycles. The van der Waals surface area contributed by atoms with E-state index in [0.717, 1.165) is 36.8 Å². The highest BCUT2D eigenvalue weighted by molar-refractivity contribution is 5.83. The van der Waals surface area contributed by atoms with Crippen LogP contribution < -0.4 is 0 Å². The van der Waals surface area contributed by atoms with Gasteiger partial charge in [0.15, 0.2) is 0 Å². The highest BCUT2D eigenvalue weighted by Gasteiger charge is 2.07. The molecule has 0 bridgehead atoms. The fraction of sp³-hybridized carbons (Fsp3) is 0.179. The SMILES string of the molecule is C=CCc1ccc(C=C([C]=O)Cc2ccc(CC=C)c(CC=C)c2)cc1CC=C. The lowest BCUT2D eigenvalue weighted by molar-refractivity contribution is 0.561. The molecule has 1 radical (unpaired) electrons. The number of carbonyl (C=O) groups excluding carboxylic acids is 1. The van der Waals surface area contributed by atoms with Crippen LogP contribution in [0, 0.1) is 0 Å². The summed E-state index contributed by atoms with van der Waals surface area (Å²) in [7, 11) is 0. The number of hydrogen-bond donors (Lipinski definition) is 0. The molecule has 29 heavy (non-hydrogen) atoms. The molecular weight excluding hydrogens is 352 g/mol. The van der Waals surface area contributed by atoms with Crippen LogP contribution >= 0.6 is 0 Å². The van der Waals surface area contributed by atoms with Crippen LogP contribution in [0.5, 0.6) is 0 Å². The van der Waals surface area contributed by atoms with E-state index in [2.05, 4.69) is 62.9 Å². The van der Waals surface area contributed by atoms with E-state index in [1.54, 1.807) is 0 Å². The highest BCUT2D eigenvalue weighted by Crippen LogP contribution is 2.20. The van der Waals surface area contributed by atoms with Gasteiger partial charge >= 0.3 is 0 Å². The van der Waals surface area contributed by atoms with Crippen molar-refractivity contribution >= 4 is 12.4 Å². The Labute approximate surface area is 175 Å². The number of allylic oxidation sites excluding steroid dienone is 5. The monoisotopic (exact) mass is 381 g/mol. The van der Waals surface area contributed by atoms with Gasteiger partial charge in [-0.3, -0.25) is 4.79 Å². The van der Waals surface area contributed by atoms with Crippen LogP contribution in [0.3, 0.4) is 0 Å². The lowest BCUT2D eigenvalue weighted by atomic mass is 9.94. The Hall–Kier alpha value is -3.19. The molecule has 0 aliphatic carbocycles. The van der Waals surface area contributed by atoms with E-state index in [4.69, 9.17) is 0 Å². The summed E-state index contributed by atoms with van der Waals surface area (Å²) in [6, 6.07) is 12.6. The van der Waals surface area contributed by atoms with Gasteiger partial charge in [0, 0.05) is 12.0 Å². The van der Waals surface area contributed by atoms with Crippen LogP contribution in [0.15, 0.2) is 92.6 Å². The van der Waals surface area contributed by atoms with E-state index < -0.39 is 0 Å². The molecule has 2 aromatic rings. The first-order valence-electron chi connectivity index (χ1n) is 9.89. The summed E-state index contributed by atoms with van der Waals surface area (Å²) >= 11 is 0. The Morgan fingerprint density at radius 1 is 0.724 bits per heavy atom. The molecule has 0 aliphatic heterocycles. The van der Waals surface area contributed by atoms with Crippen molar-refractivity contribution in [2.75, 3.05) is 0 Å². The summed E-state index contributed by atoms with van der Waals surface area (Å²) in [4.78, 5) is 11.6. The molecular formula is C28H29O. The van der Waals surface area contributed by atoms with Crippen molar-refractivity contribution < 1.29 is 4.79 Å². The summed E-state index contributed by atoms with van der Waals surface area (Å²) in [5, 5.41) is 0. The van der Waals surface area contributed by atoms with Gasteiger partial charge in [0.1, 0.15) is 0 Å². The molecule has 0 heterocycles. The Balaban J connectivity index is 2.31. The van der Waals surface area contributed by atoms with Crippen LogP contribution in [0.4, 0.5) is 0 Å². The lowest BCUT2D eigenvalue weighted by Gasteiger charge is -2.10. The smallest absolute Gasteiger partial charge is 0.229 e. The maximum atomic E-state index is 11.6. The molecule has 1 nitrogen and oxygen atoms in total. The van der Waals surface area contributed by atoms with Gasteiger partial charge in [0.2, 0.25) is 6.29 Å². The van der Waals surface area contributed by atoms with E-state index in [-0.39, 0.29) is 0 Å². The molecule has 0 atom stereocenters. The van der Waals surface area contributed by atoms with Crippen molar-refractivity contribution in [3.8, 4) is 0 Å². The zero-order valence-corrected chi connectivity index (χ0v) is 17.1. The van der Waals surface area contributed by atoms with E-state index >= 15 is 0 Å². The molecule has 1 heteroatoms.